The third kappa shape index (κ3) is 1.66. The average Bonchev–Trinajstić information content (AvgIpc) is 1.96. The lowest BCUT2D eigenvalue weighted by molar-refractivity contribution is 0.387. The van der Waals surface area contributed by atoms with Gasteiger partial charge in [0, 0.05) is 0 Å². The Morgan fingerprint density at radius 3 is 2.73 bits per heavy atom. The van der Waals surface area contributed by atoms with E-state index in [1.165, 1.54) is 19.2 Å². The molecule has 1 aromatic carbocycles. The molecule has 0 N–H and O–H groups in total. The van der Waals surface area contributed by atoms with Crippen LogP contribution in [0, 0.1) is 5.82 Å². The molecule has 1 nitrogen and oxygen atoms in total. The van der Waals surface area contributed by atoms with Gasteiger partial charge in [0.05, 0.1) is 12.1 Å². The second-order valence-electron chi connectivity index (χ2n) is 2.02. The summed E-state index contributed by atoms with van der Waals surface area (Å²) in [6.07, 6.45) is 0. The van der Waals surface area contributed by atoms with Crippen molar-refractivity contribution in [3.05, 3.63) is 23.0 Å². The molecule has 2 radical (unpaired) electrons. The van der Waals surface area contributed by atoms with Gasteiger partial charge < -0.3 is 4.74 Å². The first-order valence-electron chi connectivity index (χ1n) is 2.93. The first kappa shape index (κ1) is 8.40. The van der Waals surface area contributed by atoms with Gasteiger partial charge in [-0.05, 0) is 12.1 Å². The molecule has 11 heavy (non-hydrogen) atoms. The molecular formula is C7H5BClFO. The van der Waals surface area contributed by atoms with Crippen molar-refractivity contribution in [3.63, 3.8) is 0 Å². The highest BCUT2D eigenvalue weighted by Gasteiger charge is 2.06. The van der Waals surface area contributed by atoms with Crippen LogP contribution in [0.3, 0.4) is 0 Å². The van der Waals surface area contributed by atoms with E-state index in [0.29, 0.717) is 5.46 Å². The van der Waals surface area contributed by atoms with Gasteiger partial charge in [0.2, 0.25) is 0 Å². The third-order valence-electron chi connectivity index (χ3n) is 1.24. The number of halogens is 2. The fraction of sp³-hybridized carbons (Fsp3) is 0.143. The van der Waals surface area contributed by atoms with Crippen molar-refractivity contribution in [2.75, 3.05) is 7.11 Å². The average molecular weight is 170 g/mol. The van der Waals surface area contributed by atoms with E-state index in [2.05, 4.69) is 4.74 Å². The highest BCUT2D eigenvalue weighted by Crippen LogP contribution is 2.21. The van der Waals surface area contributed by atoms with Crippen molar-refractivity contribution in [3.8, 4) is 5.75 Å². The highest BCUT2D eigenvalue weighted by atomic mass is 35.5. The van der Waals surface area contributed by atoms with E-state index in [9.17, 15) is 4.39 Å². The van der Waals surface area contributed by atoms with E-state index in [0.717, 1.165) is 0 Å². The quantitative estimate of drug-likeness (QED) is 0.577. The van der Waals surface area contributed by atoms with Crippen molar-refractivity contribution in [2.45, 2.75) is 0 Å². The van der Waals surface area contributed by atoms with Crippen molar-refractivity contribution in [1.82, 2.24) is 0 Å². The van der Waals surface area contributed by atoms with Crippen molar-refractivity contribution >= 4 is 24.9 Å². The molecule has 56 valence electrons. The molecule has 0 heterocycles. The Balaban J connectivity index is 3.24. The van der Waals surface area contributed by atoms with Gasteiger partial charge in [-0.15, -0.1) is 0 Å². The van der Waals surface area contributed by atoms with E-state index >= 15 is 0 Å². The summed E-state index contributed by atoms with van der Waals surface area (Å²) in [5.41, 5.74) is 0.383. The molecule has 0 aliphatic carbocycles. The Kier molecular flexibility index (Phi) is 2.40. The summed E-state index contributed by atoms with van der Waals surface area (Å²) in [6, 6.07) is 2.71. The molecule has 0 amide bonds. The molecular weight excluding hydrogens is 165 g/mol. The standard InChI is InChI=1S/C7H5BClFO/c1-11-6-3-4(8)2-5(9)7(6)10/h2-3H,1H3. The summed E-state index contributed by atoms with van der Waals surface area (Å²) >= 11 is 5.46. The van der Waals surface area contributed by atoms with Gasteiger partial charge >= 0.3 is 0 Å². The molecule has 0 aromatic heterocycles. The lowest BCUT2D eigenvalue weighted by Crippen LogP contribution is -2.04. The SMILES string of the molecule is [B]c1cc(Cl)c(F)c(OC)c1. The van der Waals surface area contributed by atoms with E-state index in [1.807, 2.05) is 0 Å². The summed E-state index contributed by atoms with van der Waals surface area (Å²) in [7, 11) is 6.73. The Morgan fingerprint density at radius 1 is 1.55 bits per heavy atom. The predicted molar refractivity (Wildman–Crippen MR) is 43.4 cm³/mol. The second kappa shape index (κ2) is 3.14. The first-order valence-corrected chi connectivity index (χ1v) is 3.31. The summed E-state index contributed by atoms with van der Waals surface area (Å²) < 4.78 is 17.5. The number of benzene rings is 1. The third-order valence-corrected chi connectivity index (χ3v) is 1.51. The van der Waals surface area contributed by atoms with Crippen LogP contribution in [0.4, 0.5) is 4.39 Å². The molecule has 4 heteroatoms. The smallest absolute Gasteiger partial charge is 0.183 e. The first-order chi connectivity index (χ1) is 5.15. The molecule has 0 spiro atoms. The van der Waals surface area contributed by atoms with Crippen molar-refractivity contribution in [1.29, 1.82) is 0 Å². The molecule has 1 rings (SSSR count). The zero-order chi connectivity index (χ0) is 8.43. The number of methoxy groups -OCH3 is 1. The van der Waals surface area contributed by atoms with Crippen LogP contribution in [0.25, 0.3) is 0 Å². The van der Waals surface area contributed by atoms with E-state index in [4.69, 9.17) is 19.4 Å². The molecule has 0 aliphatic heterocycles. The molecule has 0 saturated carbocycles. The van der Waals surface area contributed by atoms with Gasteiger partial charge in [-0.25, -0.2) is 4.39 Å². The van der Waals surface area contributed by atoms with Crippen LogP contribution in [0.5, 0.6) is 5.75 Å². The molecule has 0 unspecified atom stereocenters. The maximum absolute atomic E-state index is 12.9. The van der Waals surface area contributed by atoms with Crippen LogP contribution < -0.4 is 10.2 Å². The van der Waals surface area contributed by atoms with Crippen molar-refractivity contribution in [2.24, 2.45) is 0 Å². The monoisotopic (exact) mass is 170 g/mol. The molecule has 0 bridgehead atoms. The maximum atomic E-state index is 12.9. The molecule has 0 saturated heterocycles. The fourth-order valence-electron chi connectivity index (χ4n) is 0.732. The van der Waals surface area contributed by atoms with Gasteiger partial charge in [0.15, 0.2) is 11.6 Å². The normalized spacial score (nSPS) is 9.73. The molecule has 0 aliphatic rings. The fourth-order valence-corrected chi connectivity index (χ4v) is 0.951. The minimum atomic E-state index is -0.580. The lowest BCUT2D eigenvalue weighted by atomic mass is 9.96. The van der Waals surface area contributed by atoms with E-state index < -0.39 is 5.82 Å². The minimum absolute atomic E-state index is 0.0261. The van der Waals surface area contributed by atoms with Crippen LogP contribution in [-0.4, -0.2) is 15.0 Å². The van der Waals surface area contributed by atoms with E-state index in [-0.39, 0.29) is 10.8 Å². The van der Waals surface area contributed by atoms with Gasteiger partial charge in [0.1, 0.15) is 7.85 Å². The van der Waals surface area contributed by atoms with Crippen LogP contribution in [0.1, 0.15) is 0 Å². The summed E-state index contributed by atoms with van der Waals surface area (Å²) in [5, 5.41) is -0.0261. The largest absolute Gasteiger partial charge is 0.494 e. The van der Waals surface area contributed by atoms with Gasteiger partial charge in [-0.1, -0.05) is 17.1 Å². The minimum Gasteiger partial charge on any atom is -0.494 e. The number of hydrogen-bond acceptors (Lipinski definition) is 1. The van der Waals surface area contributed by atoms with Gasteiger partial charge in [0.25, 0.3) is 0 Å². The number of hydrogen-bond donors (Lipinski definition) is 0. The van der Waals surface area contributed by atoms with Crippen LogP contribution in [0.15, 0.2) is 12.1 Å². The van der Waals surface area contributed by atoms with Crippen LogP contribution >= 0.6 is 11.6 Å². The maximum Gasteiger partial charge on any atom is 0.183 e. The summed E-state index contributed by atoms with van der Waals surface area (Å²) in [5.74, 6) is -0.515. The highest BCUT2D eigenvalue weighted by molar-refractivity contribution is 6.36. The lowest BCUT2D eigenvalue weighted by Gasteiger charge is -2.03. The zero-order valence-corrected chi connectivity index (χ0v) is 6.65. The number of ether oxygens (including phenoxy) is 1. The van der Waals surface area contributed by atoms with Crippen molar-refractivity contribution < 1.29 is 9.13 Å². The Bertz CT molecular complexity index is 277. The Hall–Kier alpha value is -0.695. The van der Waals surface area contributed by atoms with Gasteiger partial charge in [-0.2, -0.15) is 0 Å². The summed E-state index contributed by atoms with van der Waals surface area (Å²) in [6.45, 7) is 0. The van der Waals surface area contributed by atoms with E-state index in [1.54, 1.807) is 0 Å². The van der Waals surface area contributed by atoms with Gasteiger partial charge in [-0.3, -0.25) is 0 Å². The predicted octanol–water partition coefficient (Wildman–Crippen LogP) is 1.28. The summed E-state index contributed by atoms with van der Waals surface area (Å²) in [4.78, 5) is 0. The molecule has 0 fully saturated rings. The van der Waals surface area contributed by atoms with Crippen LogP contribution in [-0.2, 0) is 0 Å². The second-order valence-corrected chi connectivity index (χ2v) is 2.43. The van der Waals surface area contributed by atoms with Crippen LogP contribution in [0.2, 0.25) is 5.02 Å². The Morgan fingerprint density at radius 2 is 2.18 bits per heavy atom. The number of rotatable bonds is 1. The molecule has 0 atom stereocenters. The Labute approximate surface area is 70.5 Å². The zero-order valence-electron chi connectivity index (χ0n) is 5.90. The molecule has 1 aromatic rings. The topological polar surface area (TPSA) is 9.23 Å².